The van der Waals surface area contributed by atoms with Crippen molar-refractivity contribution < 1.29 is 23.9 Å². The number of azide groups is 1. The van der Waals surface area contributed by atoms with Crippen molar-refractivity contribution in [1.82, 2.24) is 5.32 Å². The summed E-state index contributed by atoms with van der Waals surface area (Å²) in [5, 5.41) is 6.54. The first-order valence-electron chi connectivity index (χ1n) is 8.25. The summed E-state index contributed by atoms with van der Waals surface area (Å²) in [4.78, 5) is 38.1. The van der Waals surface area contributed by atoms with Crippen molar-refractivity contribution in [2.75, 3.05) is 7.11 Å². The van der Waals surface area contributed by atoms with Crippen LogP contribution >= 0.6 is 0 Å². The highest BCUT2D eigenvalue weighted by Gasteiger charge is 2.37. The van der Waals surface area contributed by atoms with E-state index in [0.29, 0.717) is 16.9 Å². The van der Waals surface area contributed by atoms with Crippen LogP contribution in [0, 0.1) is 0 Å². The number of hydrogen-bond donors (Lipinski definition) is 1. The van der Waals surface area contributed by atoms with Gasteiger partial charge in [-0.3, -0.25) is 9.59 Å². The van der Waals surface area contributed by atoms with E-state index in [1.807, 2.05) is 0 Å². The summed E-state index contributed by atoms with van der Waals surface area (Å²) in [7, 11) is 1.26. The topological polar surface area (TPSA) is 130 Å². The van der Waals surface area contributed by atoms with Crippen LogP contribution in [-0.4, -0.2) is 37.0 Å². The number of nitrogens with zero attached hydrogens (tertiary/aromatic N) is 3. The van der Waals surface area contributed by atoms with E-state index in [1.165, 1.54) is 21.0 Å². The van der Waals surface area contributed by atoms with Crippen LogP contribution in [0.4, 0.5) is 0 Å². The maximum atomic E-state index is 12.1. The summed E-state index contributed by atoms with van der Waals surface area (Å²) in [6, 6.07) is 5.45. The summed E-state index contributed by atoms with van der Waals surface area (Å²) in [5.41, 5.74) is 9.82. The van der Waals surface area contributed by atoms with Gasteiger partial charge in [0.1, 0.15) is 5.75 Å². The Bertz CT molecular complexity index is 829. The van der Waals surface area contributed by atoms with Crippen LogP contribution in [0.2, 0.25) is 0 Å². The van der Waals surface area contributed by atoms with Gasteiger partial charge in [-0.2, -0.15) is 0 Å². The number of benzene rings is 1. The zero-order chi connectivity index (χ0) is 20.0. The highest BCUT2D eigenvalue weighted by atomic mass is 16.5. The summed E-state index contributed by atoms with van der Waals surface area (Å²) in [6.07, 6.45) is 1.77. The molecule has 0 bridgehead atoms. The number of nitrogens with one attached hydrogen (secondary N) is 1. The van der Waals surface area contributed by atoms with Crippen LogP contribution in [0.5, 0.6) is 5.75 Å². The minimum Gasteiger partial charge on any atom is -0.466 e. The first kappa shape index (κ1) is 20.0. The van der Waals surface area contributed by atoms with Crippen molar-refractivity contribution in [3.8, 4) is 5.75 Å². The SMILES string of the molecule is COC(=O)C1=C[C@@H](c2ccccc2OC(C)=O)[C@H](NC(C)=O)[C@@H](N=[N+]=[N-])C1. The maximum Gasteiger partial charge on any atom is 0.333 e. The van der Waals surface area contributed by atoms with Crippen LogP contribution in [-0.2, 0) is 19.1 Å². The first-order valence-corrected chi connectivity index (χ1v) is 8.25. The van der Waals surface area contributed by atoms with E-state index in [4.69, 9.17) is 15.0 Å². The zero-order valence-electron chi connectivity index (χ0n) is 15.2. The summed E-state index contributed by atoms with van der Waals surface area (Å²) >= 11 is 0. The van der Waals surface area contributed by atoms with Gasteiger partial charge in [0.25, 0.3) is 0 Å². The quantitative estimate of drug-likeness (QED) is 0.279. The predicted molar refractivity (Wildman–Crippen MR) is 95.7 cm³/mol. The van der Waals surface area contributed by atoms with E-state index >= 15 is 0 Å². The number of esters is 2. The molecular weight excluding hydrogens is 352 g/mol. The third-order valence-corrected chi connectivity index (χ3v) is 4.16. The lowest BCUT2D eigenvalue weighted by atomic mass is 9.78. The Labute approximate surface area is 156 Å². The molecule has 0 aliphatic heterocycles. The summed E-state index contributed by atoms with van der Waals surface area (Å²) < 4.78 is 10.1. The smallest absolute Gasteiger partial charge is 0.333 e. The lowest BCUT2D eigenvalue weighted by Gasteiger charge is -2.35. The Balaban J connectivity index is 2.61. The fourth-order valence-electron chi connectivity index (χ4n) is 3.15. The molecule has 3 atom stereocenters. The monoisotopic (exact) mass is 372 g/mol. The zero-order valence-corrected chi connectivity index (χ0v) is 15.2. The number of carbonyl (C=O) groups excluding carboxylic acids is 3. The van der Waals surface area contributed by atoms with Gasteiger partial charge in [0.15, 0.2) is 0 Å². The fraction of sp³-hybridized carbons (Fsp3) is 0.389. The molecule has 1 aromatic rings. The van der Waals surface area contributed by atoms with E-state index in [9.17, 15) is 14.4 Å². The second-order valence-electron chi connectivity index (χ2n) is 6.04. The van der Waals surface area contributed by atoms with Gasteiger partial charge in [0.2, 0.25) is 5.91 Å². The van der Waals surface area contributed by atoms with Gasteiger partial charge in [-0.15, -0.1) is 0 Å². The number of hydrogen-bond acceptors (Lipinski definition) is 6. The molecule has 2 rings (SSSR count). The third kappa shape index (κ3) is 4.86. The van der Waals surface area contributed by atoms with Crippen LogP contribution in [0.15, 0.2) is 41.0 Å². The Hall–Kier alpha value is -3.32. The Kier molecular flexibility index (Phi) is 6.56. The second kappa shape index (κ2) is 8.86. The molecule has 0 radical (unpaired) electrons. The molecule has 142 valence electrons. The van der Waals surface area contributed by atoms with Crippen molar-refractivity contribution in [1.29, 1.82) is 0 Å². The van der Waals surface area contributed by atoms with Crippen molar-refractivity contribution in [2.24, 2.45) is 5.11 Å². The van der Waals surface area contributed by atoms with Gasteiger partial charge >= 0.3 is 11.9 Å². The molecule has 0 heterocycles. The fourth-order valence-corrected chi connectivity index (χ4v) is 3.15. The predicted octanol–water partition coefficient (Wildman–Crippen LogP) is 2.38. The van der Waals surface area contributed by atoms with Gasteiger partial charge in [0.05, 0.1) is 13.2 Å². The molecule has 0 aromatic heterocycles. The average Bonchev–Trinajstić information content (AvgIpc) is 2.62. The van der Waals surface area contributed by atoms with E-state index in [0.717, 1.165) is 0 Å². The minimum atomic E-state index is -0.714. The molecule has 0 unspecified atom stereocenters. The Morgan fingerprint density at radius 3 is 2.56 bits per heavy atom. The molecule has 9 nitrogen and oxygen atoms in total. The van der Waals surface area contributed by atoms with Crippen LogP contribution in [0.25, 0.3) is 10.4 Å². The molecular formula is C18H20N4O5. The van der Waals surface area contributed by atoms with E-state index < -0.39 is 29.9 Å². The summed E-state index contributed by atoms with van der Waals surface area (Å²) in [5.74, 6) is -1.64. The van der Waals surface area contributed by atoms with Crippen molar-refractivity contribution in [3.05, 3.63) is 51.9 Å². The van der Waals surface area contributed by atoms with Gasteiger partial charge in [-0.1, -0.05) is 29.4 Å². The van der Waals surface area contributed by atoms with E-state index in [2.05, 4.69) is 15.3 Å². The standard InChI is InChI=1S/C18H20N4O5/c1-10(23)20-17-14(13-6-4-5-7-16(13)27-11(2)24)8-12(18(25)26-3)9-15(17)21-22-19/h4-8,14-15,17H,9H2,1-3H3,(H,20,23)/t14-,15-,17-/m0/s1. The molecule has 0 saturated carbocycles. The molecule has 1 aromatic carbocycles. The number of methoxy groups -OCH3 is 1. The number of amides is 1. The van der Waals surface area contributed by atoms with Crippen molar-refractivity contribution in [2.45, 2.75) is 38.3 Å². The van der Waals surface area contributed by atoms with Crippen LogP contribution < -0.4 is 10.1 Å². The van der Waals surface area contributed by atoms with Gasteiger partial charge < -0.3 is 14.8 Å². The number of para-hydroxylation sites is 1. The number of carbonyl (C=O) groups is 3. The van der Waals surface area contributed by atoms with Crippen LogP contribution in [0.3, 0.4) is 0 Å². The van der Waals surface area contributed by atoms with Gasteiger partial charge in [-0.25, -0.2) is 4.79 Å². The highest BCUT2D eigenvalue weighted by Crippen LogP contribution is 2.38. The largest absolute Gasteiger partial charge is 0.466 e. The first-order chi connectivity index (χ1) is 12.9. The maximum absolute atomic E-state index is 12.1. The second-order valence-corrected chi connectivity index (χ2v) is 6.04. The molecule has 0 spiro atoms. The highest BCUT2D eigenvalue weighted by molar-refractivity contribution is 5.89. The lowest BCUT2D eigenvalue weighted by Crippen LogP contribution is -2.47. The van der Waals surface area contributed by atoms with Crippen molar-refractivity contribution in [3.63, 3.8) is 0 Å². The molecule has 9 heteroatoms. The Morgan fingerprint density at radius 2 is 1.96 bits per heavy atom. The van der Waals surface area contributed by atoms with Gasteiger partial charge in [-0.05, 0) is 18.0 Å². The van der Waals surface area contributed by atoms with Gasteiger partial charge in [0, 0.05) is 41.9 Å². The molecule has 1 aliphatic rings. The summed E-state index contributed by atoms with van der Waals surface area (Å²) in [6.45, 7) is 2.63. The number of ether oxygens (including phenoxy) is 2. The third-order valence-electron chi connectivity index (χ3n) is 4.16. The minimum absolute atomic E-state index is 0.119. The van der Waals surface area contributed by atoms with E-state index in [1.54, 1.807) is 30.3 Å². The molecule has 0 saturated heterocycles. The molecule has 1 amide bonds. The normalized spacial score (nSPS) is 21.3. The molecule has 1 N–H and O–H groups in total. The Morgan fingerprint density at radius 1 is 1.26 bits per heavy atom. The molecule has 0 fully saturated rings. The molecule has 1 aliphatic carbocycles. The number of rotatable bonds is 5. The molecule has 27 heavy (non-hydrogen) atoms. The van der Waals surface area contributed by atoms with E-state index in [-0.39, 0.29) is 12.3 Å². The lowest BCUT2D eigenvalue weighted by molar-refractivity contribution is -0.136. The van der Waals surface area contributed by atoms with Crippen molar-refractivity contribution >= 4 is 17.8 Å². The van der Waals surface area contributed by atoms with Crippen LogP contribution in [0.1, 0.15) is 31.7 Å². The average molecular weight is 372 g/mol.